The number of anilines is 1. The molecule has 33 heavy (non-hydrogen) atoms. The fourth-order valence-electron chi connectivity index (χ4n) is 3.04. The number of ether oxygens (including phenoxy) is 3. The second-order valence-corrected chi connectivity index (χ2v) is 7.18. The molecule has 2 amide bonds. The maximum atomic E-state index is 13.1. The Kier molecular flexibility index (Phi) is 7.70. The van der Waals surface area contributed by atoms with E-state index in [9.17, 15) is 9.59 Å². The van der Waals surface area contributed by atoms with Gasteiger partial charge in [-0.2, -0.15) is 0 Å². The summed E-state index contributed by atoms with van der Waals surface area (Å²) in [5.74, 6) is 0.859. The third-order valence-electron chi connectivity index (χ3n) is 4.87. The zero-order valence-electron chi connectivity index (χ0n) is 19.0. The van der Waals surface area contributed by atoms with E-state index < -0.39 is 11.8 Å². The van der Waals surface area contributed by atoms with Crippen molar-refractivity contribution in [1.82, 2.24) is 5.32 Å². The van der Waals surface area contributed by atoms with E-state index in [1.165, 1.54) is 7.11 Å². The van der Waals surface area contributed by atoms with Crippen molar-refractivity contribution < 1.29 is 23.8 Å². The van der Waals surface area contributed by atoms with E-state index in [0.29, 0.717) is 34.1 Å². The molecule has 0 aliphatic rings. The Morgan fingerprint density at radius 1 is 0.788 bits per heavy atom. The van der Waals surface area contributed by atoms with Crippen LogP contribution in [0.4, 0.5) is 5.69 Å². The minimum atomic E-state index is -0.476. The van der Waals surface area contributed by atoms with E-state index in [4.69, 9.17) is 14.2 Å². The number of amides is 2. The maximum Gasteiger partial charge on any atom is 0.272 e. The van der Waals surface area contributed by atoms with Gasteiger partial charge in [0.25, 0.3) is 11.8 Å². The van der Waals surface area contributed by atoms with Crippen molar-refractivity contribution >= 4 is 23.6 Å². The highest BCUT2D eigenvalue weighted by atomic mass is 16.5. The third kappa shape index (κ3) is 6.13. The first-order valence-corrected chi connectivity index (χ1v) is 10.2. The summed E-state index contributed by atoms with van der Waals surface area (Å²) in [4.78, 5) is 25.9. The number of nitrogens with one attached hydrogen (secondary N) is 2. The molecule has 0 aliphatic carbocycles. The van der Waals surface area contributed by atoms with Crippen LogP contribution in [0.5, 0.6) is 17.2 Å². The molecule has 0 saturated carbocycles. The number of methoxy groups -OCH3 is 3. The number of carbonyl (C=O) groups is 2. The lowest BCUT2D eigenvalue weighted by molar-refractivity contribution is -0.113. The Morgan fingerprint density at radius 3 is 2.06 bits per heavy atom. The molecule has 0 spiro atoms. The summed E-state index contributed by atoms with van der Waals surface area (Å²) < 4.78 is 15.8. The summed E-state index contributed by atoms with van der Waals surface area (Å²) in [5, 5.41) is 5.52. The SMILES string of the molecule is COc1ccc(NC(=O)/C(=C\c2ccc(OC)c(OC)c2)NC(=O)c2ccc(C)cc2)cc1. The molecule has 0 unspecified atom stereocenters. The van der Waals surface area contributed by atoms with E-state index in [1.807, 2.05) is 19.1 Å². The van der Waals surface area contributed by atoms with Gasteiger partial charge in [-0.3, -0.25) is 9.59 Å². The van der Waals surface area contributed by atoms with Gasteiger partial charge in [0.2, 0.25) is 0 Å². The number of hydrogen-bond donors (Lipinski definition) is 2. The van der Waals surface area contributed by atoms with Gasteiger partial charge in [0.05, 0.1) is 21.3 Å². The molecule has 170 valence electrons. The van der Waals surface area contributed by atoms with E-state index >= 15 is 0 Å². The fourth-order valence-corrected chi connectivity index (χ4v) is 3.04. The number of aryl methyl sites for hydroxylation is 1. The summed E-state index contributed by atoms with van der Waals surface area (Å²) >= 11 is 0. The van der Waals surface area contributed by atoms with Gasteiger partial charge >= 0.3 is 0 Å². The molecule has 7 nitrogen and oxygen atoms in total. The molecule has 2 N–H and O–H groups in total. The van der Waals surface area contributed by atoms with Gasteiger partial charge in [0.15, 0.2) is 11.5 Å². The summed E-state index contributed by atoms with van der Waals surface area (Å²) in [5.41, 5.74) is 2.75. The van der Waals surface area contributed by atoms with E-state index in [0.717, 1.165) is 5.56 Å². The van der Waals surface area contributed by atoms with Crippen LogP contribution in [0.25, 0.3) is 6.08 Å². The predicted octanol–water partition coefficient (Wildman–Crippen LogP) is 4.43. The molecular weight excluding hydrogens is 420 g/mol. The zero-order valence-corrected chi connectivity index (χ0v) is 19.0. The average Bonchev–Trinajstić information content (AvgIpc) is 2.84. The molecular formula is C26H26N2O5. The Hall–Kier alpha value is -4.26. The summed E-state index contributed by atoms with van der Waals surface area (Å²) in [6, 6.07) is 19.2. The minimum absolute atomic E-state index is 0.0728. The van der Waals surface area contributed by atoms with Gasteiger partial charge in [0.1, 0.15) is 11.4 Å². The summed E-state index contributed by atoms with van der Waals surface area (Å²) in [7, 11) is 4.64. The van der Waals surface area contributed by atoms with Crippen LogP contribution in [0.1, 0.15) is 21.5 Å². The molecule has 0 bridgehead atoms. The van der Waals surface area contributed by atoms with Crippen molar-refractivity contribution in [3.63, 3.8) is 0 Å². The van der Waals surface area contributed by atoms with Gasteiger partial charge in [-0.05, 0) is 67.1 Å². The van der Waals surface area contributed by atoms with Crippen LogP contribution in [0, 0.1) is 6.92 Å². The Bertz CT molecular complexity index is 1150. The Labute approximate surface area is 193 Å². The standard InChI is InChI=1S/C26H26N2O5/c1-17-5-8-19(9-6-17)25(29)28-22(15-18-7-14-23(32-3)24(16-18)33-4)26(30)27-20-10-12-21(31-2)13-11-20/h5-16H,1-4H3,(H,27,30)(H,28,29)/b22-15+. The minimum Gasteiger partial charge on any atom is -0.497 e. The lowest BCUT2D eigenvalue weighted by Gasteiger charge is -2.13. The van der Waals surface area contributed by atoms with Gasteiger partial charge in [-0.15, -0.1) is 0 Å². The Morgan fingerprint density at radius 2 is 1.45 bits per heavy atom. The van der Waals surface area contributed by atoms with Crippen LogP contribution in [0.15, 0.2) is 72.4 Å². The second kappa shape index (κ2) is 10.9. The molecule has 0 saturated heterocycles. The van der Waals surface area contributed by atoms with E-state index in [2.05, 4.69) is 10.6 Å². The van der Waals surface area contributed by atoms with Crippen molar-refractivity contribution in [3.05, 3.63) is 89.1 Å². The molecule has 0 heterocycles. The third-order valence-corrected chi connectivity index (χ3v) is 4.87. The van der Waals surface area contributed by atoms with Crippen molar-refractivity contribution in [2.75, 3.05) is 26.6 Å². The van der Waals surface area contributed by atoms with Crippen LogP contribution in [-0.4, -0.2) is 33.1 Å². The summed E-state index contributed by atoms with van der Waals surface area (Å²) in [6.07, 6.45) is 1.58. The number of rotatable bonds is 8. The average molecular weight is 447 g/mol. The van der Waals surface area contributed by atoms with E-state index in [-0.39, 0.29) is 5.70 Å². The highest BCUT2D eigenvalue weighted by molar-refractivity contribution is 6.10. The number of benzene rings is 3. The number of hydrogen-bond acceptors (Lipinski definition) is 5. The molecule has 3 aromatic rings. The molecule has 3 aromatic carbocycles. The normalized spacial score (nSPS) is 10.8. The molecule has 0 radical (unpaired) electrons. The molecule has 0 atom stereocenters. The van der Waals surface area contributed by atoms with Crippen LogP contribution in [-0.2, 0) is 4.79 Å². The highest BCUT2D eigenvalue weighted by Crippen LogP contribution is 2.28. The first-order valence-electron chi connectivity index (χ1n) is 10.2. The van der Waals surface area contributed by atoms with Crippen LogP contribution in [0.2, 0.25) is 0 Å². The molecule has 3 rings (SSSR count). The Balaban J connectivity index is 1.92. The summed E-state index contributed by atoms with van der Waals surface area (Å²) in [6.45, 7) is 1.94. The van der Waals surface area contributed by atoms with Crippen molar-refractivity contribution in [1.29, 1.82) is 0 Å². The van der Waals surface area contributed by atoms with E-state index in [1.54, 1.807) is 74.9 Å². The fraction of sp³-hybridized carbons (Fsp3) is 0.154. The zero-order chi connectivity index (χ0) is 23.8. The monoisotopic (exact) mass is 446 g/mol. The highest BCUT2D eigenvalue weighted by Gasteiger charge is 2.16. The lowest BCUT2D eigenvalue weighted by atomic mass is 10.1. The van der Waals surface area contributed by atoms with Crippen LogP contribution < -0.4 is 24.8 Å². The quantitative estimate of drug-likeness (QED) is 0.500. The first kappa shape index (κ1) is 23.4. The van der Waals surface area contributed by atoms with Crippen LogP contribution in [0.3, 0.4) is 0 Å². The van der Waals surface area contributed by atoms with Gasteiger partial charge in [0, 0.05) is 11.3 Å². The molecule has 0 fully saturated rings. The molecule has 0 aromatic heterocycles. The first-order chi connectivity index (χ1) is 15.9. The van der Waals surface area contributed by atoms with Crippen LogP contribution >= 0.6 is 0 Å². The van der Waals surface area contributed by atoms with Gasteiger partial charge in [-0.1, -0.05) is 23.8 Å². The topological polar surface area (TPSA) is 85.9 Å². The van der Waals surface area contributed by atoms with Gasteiger partial charge < -0.3 is 24.8 Å². The maximum absolute atomic E-state index is 13.1. The van der Waals surface area contributed by atoms with Crippen molar-refractivity contribution in [2.45, 2.75) is 6.92 Å². The lowest BCUT2D eigenvalue weighted by Crippen LogP contribution is -2.30. The molecule has 0 aliphatic heterocycles. The molecule has 7 heteroatoms. The second-order valence-electron chi connectivity index (χ2n) is 7.18. The van der Waals surface area contributed by atoms with Crippen molar-refractivity contribution in [3.8, 4) is 17.2 Å². The predicted molar refractivity (Wildman–Crippen MR) is 128 cm³/mol. The van der Waals surface area contributed by atoms with Gasteiger partial charge in [-0.25, -0.2) is 0 Å². The number of carbonyl (C=O) groups excluding carboxylic acids is 2. The smallest absolute Gasteiger partial charge is 0.272 e. The largest absolute Gasteiger partial charge is 0.497 e. The van der Waals surface area contributed by atoms with Crippen molar-refractivity contribution in [2.24, 2.45) is 0 Å².